The van der Waals surface area contributed by atoms with E-state index in [0.717, 1.165) is 56.8 Å². The van der Waals surface area contributed by atoms with Crippen molar-refractivity contribution in [1.82, 2.24) is 4.90 Å². The van der Waals surface area contributed by atoms with Gasteiger partial charge in [-0.2, -0.15) is 0 Å². The summed E-state index contributed by atoms with van der Waals surface area (Å²) < 4.78 is 5.37. The van der Waals surface area contributed by atoms with Crippen LogP contribution in [0.1, 0.15) is 54.4 Å². The minimum absolute atomic E-state index is 0.0375. The van der Waals surface area contributed by atoms with Gasteiger partial charge in [0.05, 0.1) is 12.3 Å². The van der Waals surface area contributed by atoms with Crippen molar-refractivity contribution in [2.24, 2.45) is 5.16 Å². The average molecular weight is 469 g/mol. The second-order valence-electron chi connectivity index (χ2n) is 8.32. The van der Waals surface area contributed by atoms with Gasteiger partial charge in [0.1, 0.15) is 17.1 Å². The van der Waals surface area contributed by atoms with Gasteiger partial charge in [-0.1, -0.05) is 30.0 Å². The van der Waals surface area contributed by atoms with Gasteiger partial charge in [0.25, 0.3) is 5.91 Å². The highest BCUT2D eigenvalue weighted by atomic mass is 16.6. The van der Waals surface area contributed by atoms with Crippen LogP contribution in [0.15, 0.2) is 53.7 Å². The molecule has 2 aliphatic rings. The number of oxime groups is 1. The zero-order valence-electron chi connectivity index (χ0n) is 19.4. The fourth-order valence-corrected chi connectivity index (χ4v) is 3.97. The zero-order valence-corrected chi connectivity index (χ0v) is 19.4. The Kier molecular flexibility index (Phi) is 9.31. The lowest BCUT2D eigenvalue weighted by Crippen LogP contribution is -2.37. The van der Waals surface area contributed by atoms with E-state index in [1.54, 1.807) is 17.1 Å². The molecule has 8 nitrogen and oxygen atoms in total. The van der Waals surface area contributed by atoms with Crippen LogP contribution in [0.5, 0.6) is 11.5 Å². The number of phenolic OH excluding ortho intramolecular Hbond substituents is 2. The molecule has 0 aromatic heterocycles. The van der Waals surface area contributed by atoms with Gasteiger partial charge in [-0.15, -0.1) is 0 Å². The molecule has 1 aromatic carbocycles. The van der Waals surface area contributed by atoms with E-state index in [1.807, 2.05) is 12.2 Å². The Labute approximate surface area is 199 Å². The van der Waals surface area contributed by atoms with E-state index in [9.17, 15) is 19.8 Å². The largest absolute Gasteiger partial charge is 0.508 e. The van der Waals surface area contributed by atoms with Crippen LogP contribution in [-0.2, 0) is 20.8 Å². The van der Waals surface area contributed by atoms with Crippen molar-refractivity contribution in [3.05, 3.63) is 59.7 Å². The summed E-state index contributed by atoms with van der Waals surface area (Å²) in [6.07, 6.45) is 12.7. The molecule has 1 amide bonds. The van der Waals surface area contributed by atoms with Gasteiger partial charge in [0.15, 0.2) is 6.61 Å². The monoisotopic (exact) mass is 468 g/mol. The van der Waals surface area contributed by atoms with Gasteiger partial charge in [-0.25, -0.2) is 4.79 Å². The molecule has 1 aromatic rings. The van der Waals surface area contributed by atoms with Crippen molar-refractivity contribution in [1.29, 1.82) is 0 Å². The zero-order chi connectivity index (χ0) is 24.3. The van der Waals surface area contributed by atoms with Gasteiger partial charge < -0.3 is 24.7 Å². The first-order valence-electron chi connectivity index (χ1n) is 11.6. The molecule has 34 heavy (non-hydrogen) atoms. The van der Waals surface area contributed by atoms with Crippen LogP contribution in [0.25, 0.3) is 0 Å². The number of hydrogen-bond donors (Lipinski definition) is 2. The number of nitrogens with zero attached hydrogens (tertiary/aromatic N) is 2. The first-order chi connectivity index (χ1) is 16.5. The van der Waals surface area contributed by atoms with E-state index in [0.29, 0.717) is 17.7 Å². The number of carbonyl (C=O) groups is 2. The number of esters is 1. The lowest BCUT2D eigenvalue weighted by Gasteiger charge is -2.26. The number of amides is 1. The number of ether oxygens (including phenoxy) is 1. The topological polar surface area (TPSA) is 109 Å². The highest BCUT2D eigenvalue weighted by molar-refractivity contribution is 6.00. The molecule has 3 rings (SSSR count). The van der Waals surface area contributed by atoms with Crippen LogP contribution in [-0.4, -0.2) is 59.0 Å². The molecule has 2 aliphatic heterocycles. The predicted octanol–water partition coefficient (Wildman–Crippen LogP) is 4.03. The standard InChI is InChI=1S/C26H32N2O6/c1-2-19-9-5-3-6-10-21(27-34-18-24(31)28-12-7-4-8-13-28)15-20-16-22(29)17-23(30)25(20)26(32)33-14-11-19/h2,6,9-10,16-17,29-30H,1,3-5,7-8,11-15,18H2. The molecule has 182 valence electrons. The van der Waals surface area contributed by atoms with Gasteiger partial charge in [-0.05, 0) is 55.4 Å². The van der Waals surface area contributed by atoms with Crippen LogP contribution >= 0.6 is 0 Å². The van der Waals surface area contributed by atoms with Gasteiger partial charge in [-0.3, -0.25) is 4.79 Å². The van der Waals surface area contributed by atoms with E-state index in [-0.39, 0.29) is 42.6 Å². The maximum atomic E-state index is 12.7. The van der Waals surface area contributed by atoms with Crippen molar-refractivity contribution in [3.8, 4) is 11.5 Å². The van der Waals surface area contributed by atoms with Crippen LogP contribution < -0.4 is 0 Å². The van der Waals surface area contributed by atoms with Crippen LogP contribution in [0.4, 0.5) is 0 Å². The molecule has 1 fully saturated rings. The number of likely N-dealkylation sites (tertiary alicyclic amines) is 1. The molecule has 2 N–H and O–H groups in total. The molecule has 0 atom stereocenters. The number of rotatable bonds is 4. The third-order valence-corrected chi connectivity index (χ3v) is 5.77. The lowest BCUT2D eigenvalue weighted by atomic mass is 9.99. The van der Waals surface area contributed by atoms with Gasteiger partial charge >= 0.3 is 5.97 Å². The summed E-state index contributed by atoms with van der Waals surface area (Å²) in [5.41, 5.74) is 1.70. The first-order valence-corrected chi connectivity index (χ1v) is 11.6. The number of fused-ring (bicyclic) bond motifs is 1. The minimum atomic E-state index is -0.697. The van der Waals surface area contributed by atoms with Crippen molar-refractivity contribution in [2.45, 2.75) is 44.9 Å². The summed E-state index contributed by atoms with van der Waals surface area (Å²) in [6.45, 7) is 5.21. The minimum Gasteiger partial charge on any atom is -0.508 e. The molecule has 0 saturated carbocycles. The van der Waals surface area contributed by atoms with E-state index in [2.05, 4.69) is 11.7 Å². The molecule has 0 aliphatic carbocycles. The van der Waals surface area contributed by atoms with Crippen molar-refractivity contribution >= 4 is 17.6 Å². The molecular formula is C26H32N2O6. The second kappa shape index (κ2) is 12.6. The Hall–Kier alpha value is -3.55. The summed E-state index contributed by atoms with van der Waals surface area (Å²) in [5, 5.41) is 24.5. The Balaban J connectivity index is 1.84. The smallest absolute Gasteiger partial charge is 0.342 e. The van der Waals surface area contributed by atoms with E-state index < -0.39 is 5.97 Å². The third-order valence-electron chi connectivity index (χ3n) is 5.77. The van der Waals surface area contributed by atoms with Gasteiger partial charge in [0.2, 0.25) is 0 Å². The summed E-state index contributed by atoms with van der Waals surface area (Å²) in [7, 11) is 0. The first kappa shape index (κ1) is 25.1. The molecule has 0 spiro atoms. The Morgan fingerprint density at radius 1 is 1.21 bits per heavy atom. The normalized spacial score (nSPS) is 18.9. The third kappa shape index (κ3) is 7.23. The number of aromatic hydroxyl groups is 2. The van der Waals surface area contributed by atoms with Crippen molar-refractivity contribution in [3.63, 3.8) is 0 Å². The van der Waals surface area contributed by atoms with Crippen molar-refractivity contribution in [2.75, 3.05) is 26.3 Å². The number of allylic oxidation sites excluding steroid dienone is 4. The van der Waals surface area contributed by atoms with Crippen molar-refractivity contribution < 1.29 is 29.4 Å². The summed E-state index contributed by atoms with van der Waals surface area (Å²) in [5.74, 6) is -1.38. The predicted molar refractivity (Wildman–Crippen MR) is 129 cm³/mol. The highest BCUT2D eigenvalue weighted by Gasteiger charge is 2.21. The molecule has 8 heteroatoms. The van der Waals surface area contributed by atoms with E-state index in [1.165, 1.54) is 6.07 Å². The molecule has 0 unspecified atom stereocenters. The number of cyclic esters (lactones) is 1. The number of piperidine rings is 1. The molecule has 1 saturated heterocycles. The summed E-state index contributed by atoms with van der Waals surface area (Å²) in [6, 6.07) is 2.48. The number of hydrogen-bond acceptors (Lipinski definition) is 7. The molecule has 0 radical (unpaired) electrons. The SMILES string of the molecule is C=CC1=CCCC=CC(=NOCC(=O)N2CCCCC2)Cc2cc(O)cc(O)c2C(=O)OCC1. The second-order valence-corrected chi connectivity index (χ2v) is 8.32. The number of benzene rings is 1. The summed E-state index contributed by atoms with van der Waals surface area (Å²) >= 11 is 0. The maximum Gasteiger partial charge on any atom is 0.342 e. The average Bonchev–Trinajstić information content (AvgIpc) is 2.82. The Morgan fingerprint density at radius 3 is 2.76 bits per heavy atom. The molecular weight excluding hydrogens is 436 g/mol. The van der Waals surface area contributed by atoms with Crippen LogP contribution in [0.2, 0.25) is 0 Å². The Bertz CT molecular complexity index is 989. The maximum absolute atomic E-state index is 12.7. The number of carbonyl (C=O) groups excluding carboxylic acids is 2. The quantitative estimate of drug-likeness (QED) is 0.510. The lowest BCUT2D eigenvalue weighted by molar-refractivity contribution is -0.137. The number of phenols is 2. The molecule has 2 heterocycles. The highest BCUT2D eigenvalue weighted by Crippen LogP contribution is 2.29. The molecule has 0 bridgehead atoms. The van der Waals surface area contributed by atoms with E-state index in [4.69, 9.17) is 9.57 Å². The summed E-state index contributed by atoms with van der Waals surface area (Å²) in [4.78, 5) is 32.3. The van der Waals surface area contributed by atoms with Crippen LogP contribution in [0, 0.1) is 0 Å². The van der Waals surface area contributed by atoms with Crippen LogP contribution in [0.3, 0.4) is 0 Å². The van der Waals surface area contributed by atoms with Gasteiger partial charge in [0, 0.05) is 32.0 Å². The fourth-order valence-electron chi connectivity index (χ4n) is 3.97. The fraction of sp³-hybridized carbons (Fsp3) is 0.423. The Morgan fingerprint density at radius 2 is 2.00 bits per heavy atom. The van der Waals surface area contributed by atoms with E-state index >= 15 is 0 Å².